The maximum atomic E-state index is 12.2. The zero-order valence-electron chi connectivity index (χ0n) is 13.1. The first-order chi connectivity index (χ1) is 10.5. The van der Waals surface area contributed by atoms with Gasteiger partial charge in [0.2, 0.25) is 11.8 Å². The van der Waals surface area contributed by atoms with Gasteiger partial charge in [0.05, 0.1) is 0 Å². The molecule has 0 saturated heterocycles. The number of rotatable bonds is 5. The predicted molar refractivity (Wildman–Crippen MR) is 81.7 cm³/mol. The minimum Gasteiger partial charge on any atom is -0.486 e. The van der Waals surface area contributed by atoms with Crippen molar-refractivity contribution in [2.24, 2.45) is 5.92 Å². The number of carbonyl (C=O) groups is 2. The van der Waals surface area contributed by atoms with E-state index in [0.29, 0.717) is 25.5 Å². The Kier molecular flexibility index (Phi) is 5.25. The molecule has 1 unspecified atom stereocenters. The van der Waals surface area contributed by atoms with Gasteiger partial charge >= 0.3 is 0 Å². The van der Waals surface area contributed by atoms with Gasteiger partial charge in [-0.05, 0) is 23.6 Å². The van der Waals surface area contributed by atoms with E-state index in [9.17, 15) is 9.59 Å². The van der Waals surface area contributed by atoms with Gasteiger partial charge in [0, 0.05) is 13.5 Å². The van der Waals surface area contributed by atoms with Gasteiger partial charge in [0.1, 0.15) is 19.3 Å². The van der Waals surface area contributed by atoms with Crippen LogP contribution >= 0.6 is 0 Å². The Labute approximate surface area is 130 Å². The molecule has 1 aromatic rings. The molecule has 0 saturated carbocycles. The summed E-state index contributed by atoms with van der Waals surface area (Å²) in [6, 6.07) is 5.05. The fourth-order valence-electron chi connectivity index (χ4n) is 2.25. The number of amides is 2. The van der Waals surface area contributed by atoms with E-state index in [1.54, 1.807) is 0 Å². The van der Waals surface area contributed by atoms with E-state index >= 15 is 0 Å². The zero-order chi connectivity index (χ0) is 16.1. The Balaban J connectivity index is 1.96. The second-order valence-electron chi connectivity index (χ2n) is 5.62. The maximum absolute atomic E-state index is 12.2. The van der Waals surface area contributed by atoms with Gasteiger partial charge in [-0.3, -0.25) is 9.59 Å². The molecule has 0 aliphatic carbocycles. The molecule has 2 amide bonds. The molecule has 0 bridgehead atoms. The third kappa shape index (κ3) is 4.13. The van der Waals surface area contributed by atoms with Crippen LogP contribution in [0.15, 0.2) is 18.2 Å². The third-order valence-corrected chi connectivity index (χ3v) is 3.38. The van der Waals surface area contributed by atoms with Gasteiger partial charge in [-0.25, -0.2) is 0 Å². The van der Waals surface area contributed by atoms with Crippen molar-refractivity contribution >= 4 is 11.8 Å². The molecule has 1 aliphatic heterocycles. The van der Waals surface area contributed by atoms with Crippen molar-refractivity contribution in [3.63, 3.8) is 0 Å². The fraction of sp³-hybridized carbons (Fsp3) is 0.500. The van der Waals surface area contributed by atoms with Crippen LogP contribution in [0.4, 0.5) is 0 Å². The van der Waals surface area contributed by atoms with Crippen molar-refractivity contribution in [1.82, 2.24) is 10.6 Å². The number of hydrogen-bond donors (Lipinski definition) is 2. The van der Waals surface area contributed by atoms with Gasteiger partial charge in [0.15, 0.2) is 11.5 Å². The zero-order valence-corrected chi connectivity index (χ0v) is 13.1. The second-order valence-corrected chi connectivity index (χ2v) is 5.62. The van der Waals surface area contributed by atoms with Crippen LogP contribution in [0, 0.1) is 5.92 Å². The van der Waals surface area contributed by atoms with Gasteiger partial charge in [-0.2, -0.15) is 0 Å². The average Bonchev–Trinajstić information content (AvgIpc) is 2.49. The molecule has 0 spiro atoms. The number of nitrogens with one attached hydrogen (secondary N) is 2. The molecule has 2 rings (SSSR count). The quantitative estimate of drug-likeness (QED) is 0.858. The van der Waals surface area contributed by atoms with Crippen LogP contribution in [0.25, 0.3) is 0 Å². The highest BCUT2D eigenvalue weighted by molar-refractivity contribution is 5.87. The lowest BCUT2D eigenvalue weighted by molar-refractivity contribution is -0.129. The van der Waals surface area contributed by atoms with Crippen molar-refractivity contribution in [1.29, 1.82) is 0 Å². The van der Waals surface area contributed by atoms with E-state index < -0.39 is 6.04 Å². The van der Waals surface area contributed by atoms with Crippen LogP contribution in [0.1, 0.15) is 26.3 Å². The van der Waals surface area contributed by atoms with Crippen LogP contribution in [-0.2, 0) is 16.1 Å². The second kappa shape index (κ2) is 7.15. The minimum absolute atomic E-state index is 0.0177. The molecule has 6 nitrogen and oxygen atoms in total. The van der Waals surface area contributed by atoms with Crippen LogP contribution in [0.2, 0.25) is 0 Å². The lowest BCUT2D eigenvalue weighted by Gasteiger charge is -2.21. The highest BCUT2D eigenvalue weighted by Crippen LogP contribution is 2.30. The van der Waals surface area contributed by atoms with Gasteiger partial charge in [0.25, 0.3) is 0 Å². The first kappa shape index (κ1) is 16.1. The molecular formula is C16H22N2O4. The third-order valence-electron chi connectivity index (χ3n) is 3.38. The normalized spacial score (nSPS) is 14.4. The topological polar surface area (TPSA) is 76.7 Å². The van der Waals surface area contributed by atoms with Crippen molar-refractivity contribution in [2.75, 3.05) is 13.2 Å². The van der Waals surface area contributed by atoms with E-state index in [1.165, 1.54) is 6.92 Å². The van der Waals surface area contributed by atoms with E-state index in [2.05, 4.69) is 10.6 Å². The first-order valence-corrected chi connectivity index (χ1v) is 7.40. The molecule has 0 aromatic heterocycles. The average molecular weight is 306 g/mol. The summed E-state index contributed by atoms with van der Waals surface area (Å²) in [7, 11) is 0. The monoisotopic (exact) mass is 306 g/mol. The summed E-state index contributed by atoms with van der Waals surface area (Å²) >= 11 is 0. The molecule has 2 N–H and O–H groups in total. The van der Waals surface area contributed by atoms with E-state index in [-0.39, 0.29) is 17.7 Å². The van der Waals surface area contributed by atoms with Gasteiger partial charge < -0.3 is 20.1 Å². The number of ether oxygens (including phenoxy) is 2. The van der Waals surface area contributed by atoms with Gasteiger partial charge in [-0.15, -0.1) is 0 Å². The molecule has 6 heteroatoms. The molecule has 120 valence electrons. The van der Waals surface area contributed by atoms with Crippen LogP contribution < -0.4 is 20.1 Å². The number of carbonyl (C=O) groups excluding carboxylic acids is 2. The summed E-state index contributed by atoms with van der Waals surface area (Å²) in [5.74, 6) is 1.03. The van der Waals surface area contributed by atoms with Crippen LogP contribution in [0.5, 0.6) is 11.5 Å². The largest absolute Gasteiger partial charge is 0.486 e. The Morgan fingerprint density at radius 3 is 2.50 bits per heavy atom. The van der Waals surface area contributed by atoms with Crippen molar-refractivity contribution in [2.45, 2.75) is 33.4 Å². The van der Waals surface area contributed by atoms with Crippen LogP contribution in [-0.4, -0.2) is 31.1 Å². The summed E-state index contributed by atoms with van der Waals surface area (Å²) in [5.41, 5.74) is 0.919. The summed E-state index contributed by atoms with van der Waals surface area (Å²) in [5, 5.41) is 5.51. The Morgan fingerprint density at radius 1 is 1.18 bits per heavy atom. The highest BCUT2D eigenvalue weighted by atomic mass is 16.6. The molecule has 1 aromatic carbocycles. The summed E-state index contributed by atoms with van der Waals surface area (Å²) < 4.78 is 11.0. The van der Waals surface area contributed by atoms with Crippen molar-refractivity contribution < 1.29 is 19.1 Å². The molecule has 22 heavy (non-hydrogen) atoms. The Hall–Kier alpha value is -2.24. The number of fused-ring (bicyclic) bond motifs is 1. The number of benzene rings is 1. The van der Waals surface area contributed by atoms with Gasteiger partial charge in [-0.1, -0.05) is 19.9 Å². The maximum Gasteiger partial charge on any atom is 0.243 e. The van der Waals surface area contributed by atoms with E-state index in [1.807, 2.05) is 32.0 Å². The first-order valence-electron chi connectivity index (χ1n) is 7.40. The van der Waals surface area contributed by atoms with Crippen molar-refractivity contribution in [3.05, 3.63) is 23.8 Å². The summed E-state index contributed by atoms with van der Waals surface area (Å²) in [6.07, 6.45) is 0. The highest BCUT2D eigenvalue weighted by Gasteiger charge is 2.22. The molecule has 1 heterocycles. The predicted octanol–water partition coefficient (Wildman–Crippen LogP) is 1.23. The Morgan fingerprint density at radius 2 is 1.86 bits per heavy atom. The number of hydrogen-bond acceptors (Lipinski definition) is 4. The standard InChI is InChI=1S/C16H22N2O4/c1-10(2)15(18-11(3)19)16(20)17-9-12-4-5-13-14(8-12)22-7-6-21-13/h4-5,8,10,15H,6-7,9H2,1-3H3,(H,17,20)(H,18,19). The van der Waals surface area contributed by atoms with Crippen molar-refractivity contribution in [3.8, 4) is 11.5 Å². The Bertz CT molecular complexity index is 557. The SMILES string of the molecule is CC(=O)NC(C(=O)NCc1ccc2c(c1)OCCO2)C(C)C. The molecule has 0 fully saturated rings. The summed E-state index contributed by atoms with van der Waals surface area (Å²) in [6.45, 7) is 6.65. The van der Waals surface area contributed by atoms with E-state index in [4.69, 9.17) is 9.47 Å². The summed E-state index contributed by atoms with van der Waals surface area (Å²) in [4.78, 5) is 23.4. The molecule has 1 atom stereocenters. The lowest BCUT2D eigenvalue weighted by Crippen LogP contribution is -2.48. The lowest BCUT2D eigenvalue weighted by atomic mass is 10.0. The minimum atomic E-state index is -0.533. The molecule has 0 radical (unpaired) electrons. The molecular weight excluding hydrogens is 284 g/mol. The smallest absolute Gasteiger partial charge is 0.243 e. The van der Waals surface area contributed by atoms with Crippen LogP contribution in [0.3, 0.4) is 0 Å². The fourth-order valence-corrected chi connectivity index (χ4v) is 2.25. The van der Waals surface area contributed by atoms with E-state index in [0.717, 1.165) is 11.3 Å². The molecule has 1 aliphatic rings.